The molecule has 0 radical (unpaired) electrons. The third kappa shape index (κ3) is 3.70. The summed E-state index contributed by atoms with van der Waals surface area (Å²) in [6.45, 7) is 2.95. The van der Waals surface area contributed by atoms with Gasteiger partial charge in [-0.15, -0.1) is 0 Å². The molecule has 1 unspecified atom stereocenters. The second kappa shape index (κ2) is 6.07. The average Bonchev–Trinajstić information content (AvgIpc) is 2.87. The average molecular weight is 358 g/mol. The fraction of sp³-hybridized carbons (Fsp3) is 0.600. The van der Waals surface area contributed by atoms with Crippen LogP contribution in [0.2, 0.25) is 0 Å². The predicted molar refractivity (Wildman–Crippen MR) is 90.4 cm³/mol. The van der Waals surface area contributed by atoms with Crippen molar-refractivity contribution in [3.05, 3.63) is 24.3 Å². The number of rotatable bonds is 3. The van der Waals surface area contributed by atoms with Gasteiger partial charge in [-0.3, -0.25) is 4.90 Å². The van der Waals surface area contributed by atoms with E-state index in [0.29, 0.717) is 24.4 Å². The van der Waals surface area contributed by atoms with Crippen molar-refractivity contribution in [1.29, 1.82) is 0 Å². The van der Waals surface area contributed by atoms with Gasteiger partial charge < -0.3 is 4.90 Å². The third-order valence-corrected chi connectivity index (χ3v) is 7.54. The number of hydrogen-bond acceptors (Lipinski definition) is 6. The van der Waals surface area contributed by atoms with E-state index in [2.05, 4.69) is 9.80 Å². The van der Waals surface area contributed by atoms with Crippen LogP contribution in [0.25, 0.3) is 0 Å². The highest BCUT2D eigenvalue weighted by Gasteiger charge is 2.34. The minimum Gasteiger partial charge on any atom is -0.368 e. The van der Waals surface area contributed by atoms with Gasteiger partial charge in [-0.25, -0.2) is 16.8 Å². The van der Waals surface area contributed by atoms with Crippen molar-refractivity contribution >= 4 is 25.4 Å². The van der Waals surface area contributed by atoms with Crippen LogP contribution in [0.5, 0.6) is 0 Å². The monoisotopic (exact) mass is 358 g/mol. The van der Waals surface area contributed by atoms with Crippen molar-refractivity contribution in [1.82, 2.24) is 4.90 Å². The molecular formula is C15H22N2O4S2. The van der Waals surface area contributed by atoms with Gasteiger partial charge in [-0.05, 0) is 18.6 Å². The van der Waals surface area contributed by atoms with Gasteiger partial charge in [-0.2, -0.15) is 0 Å². The molecule has 2 saturated heterocycles. The molecule has 2 heterocycles. The van der Waals surface area contributed by atoms with Gasteiger partial charge in [-0.1, -0.05) is 12.1 Å². The SMILES string of the molecule is CS(=O)(=O)c1ccccc1N1CCN(C2CCS(=O)(=O)C2)CC1. The molecule has 0 aliphatic carbocycles. The molecule has 3 rings (SSSR count). The second-order valence-corrected chi connectivity index (χ2v) is 10.5. The van der Waals surface area contributed by atoms with Crippen LogP contribution in [0.15, 0.2) is 29.2 Å². The highest BCUT2D eigenvalue weighted by atomic mass is 32.2. The number of hydrogen-bond donors (Lipinski definition) is 0. The molecule has 0 spiro atoms. The summed E-state index contributed by atoms with van der Waals surface area (Å²) in [5.41, 5.74) is 0.744. The Kier molecular flexibility index (Phi) is 4.41. The van der Waals surface area contributed by atoms with Crippen LogP contribution in [-0.4, -0.2) is 71.7 Å². The van der Waals surface area contributed by atoms with Crippen LogP contribution < -0.4 is 4.90 Å². The van der Waals surface area contributed by atoms with E-state index in [1.807, 2.05) is 12.1 Å². The zero-order valence-corrected chi connectivity index (χ0v) is 14.8. The normalized spacial score (nSPS) is 25.6. The maximum atomic E-state index is 11.9. The van der Waals surface area contributed by atoms with Gasteiger partial charge in [0.05, 0.1) is 22.1 Å². The molecule has 2 aliphatic heterocycles. The first-order chi connectivity index (χ1) is 10.8. The third-order valence-electron chi connectivity index (χ3n) is 4.64. The van der Waals surface area contributed by atoms with E-state index in [1.165, 1.54) is 6.26 Å². The smallest absolute Gasteiger partial charge is 0.177 e. The van der Waals surface area contributed by atoms with Gasteiger partial charge in [0, 0.05) is 38.5 Å². The molecule has 1 aromatic rings. The van der Waals surface area contributed by atoms with Gasteiger partial charge in [0.1, 0.15) is 0 Å². The van der Waals surface area contributed by atoms with Crippen LogP contribution >= 0.6 is 0 Å². The van der Waals surface area contributed by atoms with Crippen molar-refractivity contribution < 1.29 is 16.8 Å². The molecule has 0 amide bonds. The van der Waals surface area contributed by atoms with E-state index in [1.54, 1.807) is 12.1 Å². The fourth-order valence-electron chi connectivity index (χ4n) is 3.42. The Morgan fingerprint density at radius 1 is 1.09 bits per heavy atom. The van der Waals surface area contributed by atoms with Crippen LogP contribution in [0.1, 0.15) is 6.42 Å². The van der Waals surface area contributed by atoms with Crippen LogP contribution in [0, 0.1) is 0 Å². The lowest BCUT2D eigenvalue weighted by molar-refractivity contribution is 0.200. The Morgan fingerprint density at radius 2 is 1.74 bits per heavy atom. The summed E-state index contributed by atoms with van der Waals surface area (Å²) in [7, 11) is -6.13. The topological polar surface area (TPSA) is 74.8 Å². The van der Waals surface area contributed by atoms with Gasteiger partial charge in [0.25, 0.3) is 0 Å². The zero-order chi connectivity index (χ0) is 16.7. The fourth-order valence-corrected chi connectivity index (χ4v) is 6.09. The van der Waals surface area contributed by atoms with Crippen molar-refractivity contribution in [2.75, 3.05) is 48.8 Å². The van der Waals surface area contributed by atoms with E-state index in [-0.39, 0.29) is 17.5 Å². The van der Waals surface area contributed by atoms with E-state index >= 15 is 0 Å². The first-order valence-electron chi connectivity index (χ1n) is 7.75. The summed E-state index contributed by atoms with van der Waals surface area (Å²) in [6, 6.07) is 7.18. The van der Waals surface area contributed by atoms with Crippen LogP contribution in [-0.2, 0) is 19.7 Å². The molecule has 2 aliphatic rings. The van der Waals surface area contributed by atoms with Crippen molar-refractivity contribution in [3.8, 4) is 0 Å². The second-order valence-electron chi connectivity index (χ2n) is 6.32. The summed E-state index contributed by atoms with van der Waals surface area (Å²) in [5.74, 6) is 0.543. The molecule has 6 nitrogen and oxygen atoms in total. The predicted octanol–water partition coefficient (Wildman–Crippen LogP) is 0.399. The summed E-state index contributed by atoms with van der Waals surface area (Å²) in [5, 5.41) is 0. The zero-order valence-electron chi connectivity index (χ0n) is 13.2. The summed E-state index contributed by atoms with van der Waals surface area (Å²) >= 11 is 0. The Bertz CT molecular complexity index is 781. The molecular weight excluding hydrogens is 336 g/mol. The standard InChI is InChI=1S/C15H22N2O4S2/c1-22(18,19)15-5-3-2-4-14(15)17-9-7-16(8-10-17)13-6-11-23(20,21)12-13/h2-5,13H,6-12H2,1H3. The molecule has 1 aromatic carbocycles. The Hall–Kier alpha value is -1.12. The summed E-state index contributed by atoms with van der Waals surface area (Å²) < 4.78 is 47.1. The number of anilines is 1. The minimum atomic E-state index is -3.26. The quantitative estimate of drug-likeness (QED) is 0.779. The Balaban J connectivity index is 1.71. The molecule has 23 heavy (non-hydrogen) atoms. The summed E-state index contributed by atoms with van der Waals surface area (Å²) in [4.78, 5) is 4.66. The molecule has 0 saturated carbocycles. The number of sulfone groups is 2. The van der Waals surface area contributed by atoms with E-state index < -0.39 is 19.7 Å². The van der Waals surface area contributed by atoms with E-state index in [0.717, 1.165) is 18.8 Å². The maximum Gasteiger partial charge on any atom is 0.177 e. The van der Waals surface area contributed by atoms with Gasteiger partial charge in [0.15, 0.2) is 19.7 Å². The molecule has 8 heteroatoms. The molecule has 0 bridgehead atoms. The number of nitrogens with zero attached hydrogens (tertiary/aromatic N) is 2. The number of para-hydroxylation sites is 1. The maximum absolute atomic E-state index is 11.9. The van der Waals surface area contributed by atoms with Crippen molar-refractivity contribution in [2.45, 2.75) is 17.4 Å². The van der Waals surface area contributed by atoms with Crippen LogP contribution in [0.4, 0.5) is 5.69 Å². The lowest BCUT2D eigenvalue weighted by Crippen LogP contribution is -2.51. The molecule has 0 N–H and O–H groups in total. The molecule has 1 atom stereocenters. The summed E-state index contributed by atoms with van der Waals surface area (Å²) in [6.07, 6.45) is 1.94. The van der Waals surface area contributed by atoms with E-state index in [9.17, 15) is 16.8 Å². The van der Waals surface area contributed by atoms with Gasteiger partial charge >= 0.3 is 0 Å². The number of benzene rings is 1. The Labute approximate surface area is 137 Å². The van der Waals surface area contributed by atoms with Crippen molar-refractivity contribution in [3.63, 3.8) is 0 Å². The lowest BCUT2D eigenvalue weighted by Gasteiger charge is -2.39. The molecule has 0 aromatic heterocycles. The largest absolute Gasteiger partial charge is 0.368 e. The molecule has 2 fully saturated rings. The Morgan fingerprint density at radius 3 is 2.30 bits per heavy atom. The molecule has 128 valence electrons. The van der Waals surface area contributed by atoms with E-state index in [4.69, 9.17) is 0 Å². The lowest BCUT2D eigenvalue weighted by atomic mass is 10.1. The first-order valence-corrected chi connectivity index (χ1v) is 11.5. The van der Waals surface area contributed by atoms with Gasteiger partial charge in [0.2, 0.25) is 0 Å². The highest BCUT2D eigenvalue weighted by molar-refractivity contribution is 7.91. The van der Waals surface area contributed by atoms with Crippen molar-refractivity contribution in [2.24, 2.45) is 0 Å². The first kappa shape index (κ1) is 16.7. The van der Waals surface area contributed by atoms with Crippen LogP contribution in [0.3, 0.4) is 0 Å². The minimum absolute atomic E-state index is 0.118. The highest BCUT2D eigenvalue weighted by Crippen LogP contribution is 2.27. The number of piperazine rings is 1.